The molecule has 0 aromatic heterocycles. The van der Waals surface area contributed by atoms with Gasteiger partial charge < -0.3 is 9.84 Å². The molecule has 0 radical (unpaired) electrons. The molecule has 4 rings (SSSR count). The zero-order valence-electron chi connectivity index (χ0n) is 17.3. The van der Waals surface area contributed by atoms with Gasteiger partial charge in [-0.25, -0.2) is 4.39 Å². The van der Waals surface area contributed by atoms with Gasteiger partial charge in [0, 0.05) is 23.4 Å². The molecule has 1 amide bonds. The Bertz CT molecular complexity index is 1300. The number of nitro benzene ring substituents is 1. The number of halogens is 1. The number of ketones is 1. The number of amides is 1. The molecule has 1 atom stereocenters. The summed E-state index contributed by atoms with van der Waals surface area (Å²) in [4.78, 5) is 37.7. The van der Waals surface area contributed by atoms with Crippen LogP contribution in [0.15, 0.2) is 78.4 Å². The fourth-order valence-electron chi connectivity index (χ4n) is 3.75. The highest BCUT2D eigenvalue weighted by Crippen LogP contribution is 2.42. The maximum Gasteiger partial charge on any atom is 0.300 e. The van der Waals surface area contributed by atoms with Crippen LogP contribution in [0.4, 0.5) is 15.8 Å². The highest BCUT2D eigenvalue weighted by Gasteiger charge is 2.47. The fraction of sp³-hybridized carbons (Fsp3) is 0.0833. The van der Waals surface area contributed by atoms with E-state index in [1.54, 1.807) is 24.3 Å². The third kappa shape index (κ3) is 3.91. The van der Waals surface area contributed by atoms with E-state index in [2.05, 4.69) is 0 Å². The van der Waals surface area contributed by atoms with Gasteiger partial charge in [-0.15, -0.1) is 0 Å². The first kappa shape index (κ1) is 21.7. The van der Waals surface area contributed by atoms with E-state index in [1.807, 2.05) is 0 Å². The molecule has 1 aliphatic rings. The molecule has 8 nitrogen and oxygen atoms in total. The number of methoxy groups -OCH3 is 1. The molecule has 1 aliphatic heterocycles. The van der Waals surface area contributed by atoms with Gasteiger partial charge in [0.2, 0.25) is 0 Å². The summed E-state index contributed by atoms with van der Waals surface area (Å²) < 4.78 is 19.1. The van der Waals surface area contributed by atoms with E-state index in [0.717, 1.165) is 17.0 Å². The van der Waals surface area contributed by atoms with E-state index in [9.17, 15) is 29.2 Å². The Morgan fingerprint density at radius 3 is 2.39 bits per heavy atom. The molecule has 0 saturated carbocycles. The summed E-state index contributed by atoms with van der Waals surface area (Å²) >= 11 is 0. The molecular weight excluding hydrogens is 431 g/mol. The largest absolute Gasteiger partial charge is 0.507 e. The number of anilines is 1. The molecule has 1 heterocycles. The second kappa shape index (κ2) is 8.54. The molecule has 3 aromatic rings. The number of rotatable bonds is 5. The standard InChI is InChI=1S/C24H17FN2O6/c1-33-19-10-8-14(9-11-19)21-20(22(28)15-4-2-7-18(12-15)27(31)32)23(29)24(30)26(21)17-6-3-5-16(25)13-17/h2-13,21,28H,1H3/b22-20-. The Balaban J connectivity index is 1.94. The van der Waals surface area contributed by atoms with Gasteiger partial charge in [-0.2, -0.15) is 0 Å². The number of benzene rings is 3. The van der Waals surface area contributed by atoms with Crippen molar-refractivity contribution in [3.05, 3.63) is 105 Å². The lowest BCUT2D eigenvalue weighted by Crippen LogP contribution is -2.29. The number of Topliss-reactive ketones (excluding diaryl/α,β-unsaturated/α-hetero) is 1. The molecule has 1 fully saturated rings. The Labute approximate surface area is 187 Å². The van der Waals surface area contributed by atoms with E-state index in [4.69, 9.17) is 4.74 Å². The number of hydrogen-bond donors (Lipinski definition) is 1. The monoisotopic (exact) mass is 448 g/mol. The summed E-state index contributed by atoms with van der Waals surface area (Å²) in [7, 11) is 1.48. The molecule has 1 saturated heterocycles. The van der Waals surface area contributed by atoms with Gasteiger partial charge >= 0.3 is 0 Å². The summed E-state index contributed by atoms with van der Waals surface area (Å²) in [6, 6.07) is 15.6. The number of ether oxygens (including phenoxy) is 1. The molecule has 33 heavy (non-hydrogen) atoms. The van der Waals surface area contributed by atoms with E-state index < -0.39 is 34.2 Å². The van der Waals surface area contributed by atoms with Crippen LogP contribution < -0.4 is 9.64 Å². The first-order chi connectivity index (χ1) is 15.8. The van der Waals surface area contributed by atoms with Gasteiger partial charge in [-0.05, 0) is 35.9 Å². The van der Waals surface area contributed by atoms with E-state index >= 15 is 0 Å². The van der Waals surface area contributed by atoms with E-state index in [1.165, 1.54) is 43.5 Å². The quantitative estimate of drug-likeness (QED) is 0.204. The number of aliphatic hydroxyl groups is 1. The summed E-state index contributed by atoms with van der Waals surface area (Å²) in [5.41, 5.74) is 0.0107. The van der Waals surface area contributed by atoms with Crippen LogP contribution in [0.2, 0.25) is 0 Å². The minimum absolute atomic E-state index is 0.0000427. The molecule has 1 N–H and O–H groups in total. The van der Waals surface area contributed by atoms with Gasteiger partial charge in [0.05, 0.1) is 23.6 Å². The van der Waals surface area contributed by atoms with Crippen LogP contribution in [0.5, 0.6) is 5.75 Å². The second-order valence-electron chi connectivity index (χ2n) is 7.23. The van der Waals surface area contributed by atoms with Crippen molar-refractivity contribution in [3.63, 3.8) is 0 Å². The van der Waals surface area contributed by atoms with Crippen LogP contribution in [0.1, 0.15) is 17.2 Å². The fourth-order valence-corrected chi connectivity index (χ4v) is 3.75. The Morgan fingerprint density at radius 2 is 1.76 bits per heavy atom. The van der Waals surface area contributed by atoms with Crippen molar-refractivity contribution in [1.29, 1.82) is 0 Å². The smallest absolute Gasteiger partial charge is 0.300 e. The normalized spacial score (nSPS) is 17.3. The highest BCUT2D eigenvalue weighted by molar-refractivity contribution is 6.51. The molecule has 166 valence electrons. The molecule has 1 unspecified atom stereocenters. The van der Waals surface area contributed by atoms with Crippen molar-refractivity contribution in [1.82, 2.24) is 0 Å². The maximum absolute atomic E-state index is 13.9. The molecule has 0 spiro atoms. The van der Waals surface area contributed by atoms with Gasteiger partial charge in [0.1, 0.15) is 17.3 Å². The predicted octanol–water partition coefficient (Wildman–Crippen LogP) is 4.37. The number of carbonyl (C=O) groups excluding carboxylic acids is 2. The van der Waals surface area contributed by atoms with Crippen molar-refractivity contribution in [3.8, 4) is 5.75 Å². The lowest BCUT2D eigenvalue weighted by molar-refractivity contribution is -0.384. The Hall–Kier alpha value is -4.53. The van der Waals surface area contributed by atoms with Crippen molar-refractivity contribution in [2.75, 3.05) is 12.0 Å². The number of aliphatic hydroxyl groups excluding tert-OH is 1. The summed E-state index contributed by atoms with van der Waals surface area (Å²) in [5.74, 6) is -2.61. The van der Waals surface area contributed by atoms with Crippen LogP contribution in [0.3, 0.4) is 0 Å². The van der Waals surface area contributed by atoms with Crippen molar-refractivity contribution < 1.29 is 28.7 Å². The zero-order valence-corrected chi connectivity index (χ0v) is 17.3. The van der Waals surface area contributed by atoms with Gasteiger partial charge in [-0.3, -0.25) is 24.6 Å². The number of hydrogen-bond acceptors (Lipinski definition) is 6. The minimum atomic E-state index is -1.10. The number of nitro groups is 1. The van der Waals surface area contributed by atoms with E-state index in [0.29, 0.717) is 11.3 Å². The third-order valence-corrected chi connectivity index (χ3v) is 5.29. The third-order valence-electron chi connectivity index (χ3n) is 5.29. The average Bonchev–Trinajstić information content (AvgIpc) is 3.09. The van der Waals surface area contributed by atoms with Crippen LogP contribution in [0, 0.1) is 15.9 Å². The lowest BCUT2D eigenvalue weighted by Gasteiger charge is -2.25. The minimum Gasteiger partial charge on any atom is -0.507 e. The molecule has 9 heteroatoms. The highest BCUT2D eigenvalue weighted by atomic mass is 19.1. The second-order valence-corrected chi connectivity index (χ2v) is 7.23. The van der Waals surface area contributed by atoms with Crippen molar-refractivity contribution in [2.45, 2.75) is 6.04 Å². The van der Waals surface area contributed by atoms with Crippen molar-refractivity contribution in [2.24, 2.45) is 0 Å². The maximum atomic E-state index is 13.9. The number of non-ortho nitro benzene ring substituents is 1. The summed E-state index contributed by atoms with van der Waals surface area (Å²) in [6.07, 6.45) is 0. The average molecular weight is 448 g/mol. The number of carbonyl (C=O) groups is 2. The van der Waals surface area contributed by atoms with Gasteiger partial charge in [-0.1, -0.05) is 30.3 Å². The molecular formula is C24H17FN2O6. The van der Waals surface area contributed by atoms with Crippen LogP contribution in [0.25, 0.3) is 5.76 Å². The number of nitrogens with zero attached hydrogens (tertiary/aromatic N) is 2. The summed E-state index contributed by atoms with van der Waals surface area (Å²) in [6.45, 7) is 0. The first-order valence-electron chi connectivity index (χ1n) is 9.77. The summed E-state index contributed by atoms with van der Waals surface area (Å²) in [5, 5.41) is 22.2. The molecule has 0 aliphatic carbocycles. The predicted molar refractivity (Wildman–Crippen MR) is 117 cm³/mol. The topological polar surface area (TPSA) is 110 Å². The van der Waals surface area contributed by atoms with Gasteiger partial charge in [0.15, 0.2) is 0 Å². The van der Waals surface area contributed by atoms with Crippen LogP contribution >= 0.6 is 0 Å². The van der Waals surface area contributed by atoms with E-state index in [-0.39, 0.29) is 22.5 Å². The SMILES string of the molecule is COc1ccc(C2/C(=C(/O)c3cccc([N+](=O)[O-])c3)C(=O)C(=O)N2c2cccc(F)c2)cc1. The zero-order chi connectivity index (χ0) is 23.7. The lowest BCUT2D eigenvalue weighted by atomic mass is 9.95. The van der Waals surface area contributed by atoms with Crippen LogP contribution in [-0.4, -0.2) is 28.8 Å². The molecule has 0 bridgehead atoms. The Morgan fingerprint density at radius 1 is 1.06 bits per heavy atom. The van der Waals surface area contributed by atoms with Gasteiger partial charge in [0.25, 0.3) is 17.4 Å². The molecule has 3 aromatic carbocycles. The van der Waals surface area contributed by atoms with Crippen LogP contribution in [-0.2, 0) is 9.59 Å². The van der Waals surface area contributed by atoms with Crippen molar-refractivity contribution >= 4 is 28.8 Å². The Kier molecular flexibility index (Phi) is 5.61. The first-order valence-corrected chi connectivity index (χ1v) is 9.77.